The van der Waals surface area contributed by atoms with Gasteiger partial charge in [-0.2, -0.15) is 11.8 Å². The Morgan fingerprint density at radius 3 is 2.70 bits per heavy atom. The summed E-state index contributed by atoms with van der Waals surface area (Å²) in [6.07, 6.45) is 3.48. The smallest absolute Gasteiger partial charge is 0.244 e. The Labute approximate surface area is 124 Å². The van der Waals surface area contributed by atoms with E-state index in [2.05, 4.69) is 4.72 Å². The van der Waals surface area contributed by atoms with Gasteiger partial charge in [-0.05, 0) is 32.4 Å². The molecule has 1 unspecified atom stereocenters. The zero-order valence-electron chi connectivity index (χ0n) is 11.9. The SMILES string of the molecule is Cc1oc(C)c(S(=O)(=O)NCC2CCCCS2)c1CN. The van der Waals surface area contributed by atoms with Crippen LogP contribution in [0.5, 0.6) is 0 Å². The van der Waals surface area contributed by atoms with Gasteiger partial charge in [0.15, 0.2) is 0 Å². The standard InChI is InChI=1S/C13H22N2O3S2/c1-9-12(7-14)13(10(2)18-9)20(16,17)15-8-11-5-3-4-6-19-11/h11,15H,3-8,14H2,1-2H3. The Bertz CT molecular complexity index is 560. The van der Waals surface area contributed by atoms with E-state index >= 15 is 0 Å². The average molecular weight is 318 g/mol. The fourth-order valence-corrected chi connectivity index (χ4v) is 5.42. The van der Waals surface area contributed by atoms with E-state index in [0.717, 1.165) is 12.2 Å². The van der Waals surface area contributed by atoms with Crippen LogP contribution in [0.1, 0.15) is 36.3 Å². The van der Waals surface area contributed by atoms with E-state index in [1.165, 1.54) is 12.8 Å². The molecule has 0 spiro atoms. The van der Waals surface area contributed by atoms with Crippen LogP contribution in [0.4, 0.5) is 0 Å². The van der Waals surface area contributed by atoms with Gasteiger partial charge in [-0.3, -0.25) is 0 Å². The van der Waals surface area contributed by atoms with E-state index in [-0.39, 0.29) is 11.4 Å². The summed E-state index contributed by atoms with van der Waals surface area (Å²) < 4.78 is 33.0. The van der Waals surface area contributed by atoms with Crippen LogP contribution < -0.4 is 10.5 Å². The predicted octanol–water partition coefficient (Wildman–Crippen LogP) is 1.92. The topological polar surface area (TPSA) is 85.3 Å². The van der Waals surface area contributed by atoms with E-state index in [4.69, 9.17) is 10.2 Å². The van der Waals surface area contributed by atoms with Crippen molar-refractivity contribution in [1.82, 2.24) is 4.72 Å². The fourth-order valence-electron chi connectivity index (χ4n) is 2.54. The molecular weight excluding hydrogens is 296 g/mol. The molecule has 2 heterocycles. The molecule has 0 amide bonds. The van der Waals surface area contributed by atoms with Crippen molar-refractivity contribution in [3.8, 4) is 0 Å². The maximum Gasteiger partial charge on any atom is 0.244 e. The minimum absolute atomic E-state index is 0.164. The summed E-state index contributed by atoms with van der Waals surface area (Å²) in [6, 6.07) is 0. The quantitative estimate of drug-likeness (QED) is 0.866. The number of sulfonamides is 1. The van der Waals surface area contributed by atoms with E-state index in [0.29, 0.717) is 28.9 Å². The summed E-state index contributed by atoms with van der Waals surface area (Å²) >= 11 is 1.84. The van der Waals surface area contributed by atoms with Gasteiger partial charge in [-0.1, -0.05) is 6.42 Å². The van der Waals surface area contributed by atoms with E-state index < -0.39 is 10.0 Å². The molecule has 1 saturated heterocycles. The van der Waals surface area contributed by atoms with Crippen LogP contribution in [0.2, 0.25) is 0 Å². The molecule has 1 aromatic heterocycles. The molecule has 0 aliphatic carbocycles. The lowest BCUT2D eigenvalue weighted by molar-refractivity contribution is 0.494. The number of thioether (sulfide) groups is 1. The van der Waals surface area contributed by atoms with Crippen molar-refractivity contribution in [3.05, 3.63) is 17.1 Å². The molecule has 1 aromatic rings. The molecule has 0 radical (unpaired) electrons. The first-order valence-corrected chi connectivity index (χ1v) is 9.39. The van der Waals surface area contributed by atoms with Crippen molar-refractivity contribution in [3.63, 3.8) is 0 Å². The number of furan rings is 1. The normalized spacial score (nSPS) is 20.2. The van der Waals surface area contributed by atoms with Crippen molar-refractivity contribution < 1.29 is 12.8 Å². The zero-order chi connectivity index (χ0) is 14.8. The van der Waals surface area contributed by atoms with Crippen molar-refractivity contribution in [2.75, 3.05) is 12.3 Å². The minimum Gasteiger partial charge on any atom is -0.465 e. The molecule has 20 heavy (non-hydrogen) atoms. The minimum atomic E-state index is -3.55. The molecule has 0 aromatic carbocycles. The molecule has 0 bridgehead atoms. The van der Waals surface area contributed by atoms with Gasteiger partial charge in [-0.15, -0.1) is 0 Å². The van der Waals surface area contributed by atoms with Crippen LogP contribution >= 0.6 is 11.8 Å². The highest BCUT2D eigenvalue weighted by molar-refractivity contribution is 8.00. The molecule has 5 nitrogen and oxygen atoms in total. The number of rotatable bonds is 5. The predicted molar refractivity (Wildman–Crippen MR) is 81.4 cm³/mol. The lowest BCUT2D eigenvalue weighted by Crippen LogP contribution is -2.32. The lowest BCUT2D eigenvalue weighted by Gasteiger charge is -2.21. The third kappa shape index (κ3) is 3.39. The highest BCUT2D eigenvalue weighted by Crippen LogP contribution is 2.28. The second-order valence-electron chi connectivity index (χ2n) is 5.07. The third-order valence-electron chi connectivity index (χ3n) is 3.57. The molecule has 7 heteroatoms. The average Bonchev–Trinajstić information content (AvgIpc) is 2.72. The monoisotopic (exact) mass is 318 g/mol. The lowest BCUT2D eigenvalue weighted by atomic mass is 10.2. The molecule has 1 aliphatic rings. The van der Waals surface area contributed by atoms with Gasteiger partial charge >= 0.3 is 0 Å². The van der Waals surface area contributed by atoms with Gasteiger partial charge in [0, 0.05) is 23.9 Å². The Morgan fingerprint density at radius 1 is 1.35 bits per heavy atom. The summed E-state index contributed by atoms with van der Waals surface area (Å²) in [5.74, 6) is 2.11. The van der Waals surface area contributed by atoms with Crippen LogP contribution in [0.25, 0.3) is 0 Å². The van der Waals surface area contributed by atoms with Gasteiger partial charge in [-0.25, -0.2) is 13.1 Å². The number of nitrogens with one attached hydrogen (secondary N) is 1. The molecule has 3 N–H and O–H groups in total. The van der Waals surface area contributed by atoms with Crippen LogP contribution in [0, 0.1) is 13.8 Å². The summed E-state index contributed by atoms with van der Waals surface area (Å²) in [5, 5.41) is 0.369. The molecule has 1 aliphatic heterocycles. The Morgan fingerprint density at radius 2 is 2.10 bits per heavy atom. The molecule has 0 saturated carbocycles. The fraction of sp³-hybridized carbons (Fsp3) is 0.692. The van der Waals surface area contributed by atoms with Crippen LogP contribution in [-0.4, -0.2) is 26.0 Å². The first kappa shape index (κ1) is 15.9. The van der Waals surface area contributed by atoms with Crippen LogP contribution in [0.15, 0.2) is 9.31 Å². The second-order valence-corrected chi connectivity index (χ2v) is 8.18. The first-order chi connectivity index (χ1) is 9.45. The van der Waals surface area contributed by atoms with E-state index in [1.54, 1.807) is 13.8 Å². The van der Waals surface area contributed by atoms with Crippen LogP contribution in [0.3, 0.4) is 0 Å². The van der Waals surface area contributed by atoms with Crippen molar-refractivity contribution >= 4 is 21.8 Å². The number of hydrogen-bond donors (Lipinski definition) is 2. The molecule has 1 atom stereocenters. The molecule has 114 valence electrons. The molecular formula is C13H22N2O3S2. The summed E-state index contributed by atoms with van der Waals surface area (Å²) in [6.45, 7) is 4.04. The van der Waals surface area contributed by atoms with Gasteiger partial charge in [0.25, 0.3) is 0 Å². The maximum absolute atomic E-state index is 12.5. The highest BCUT2D eigenvalue weighted by Gasteiger charge is 2.27. The van der Waals surface area contributed by atoms with Crippen molar-refractivity contribution in [2.24, 2.45) is 5.73 Å². The molecule has 1 fully saturated rings. The first-order valence-electron chi connectivity index (χ1n) is 6.86. The summed E-state index contributed by atoms with van der Waals surface area (Å²) in [4.78, 5) is 0.221. The van der Waals surface area contributed by atoms with Crippen LogP contribution in [-0.2, 0) is 16.6 Å². The zero-order valence-corrected chi connectivity index (χ0v) is 13.6. The van der Waals surface area contributed by atoms with E-state index in [1.807, 2.05) is 11.8 Å². The second kappa shape index (κ2) is 6.51. The Hall–Kier alpha value is -0.500. The summed E-state index contributed by atoms with van der Waals surface area (Å²) in [5.41, 5.74) is 6.22. The molecule has 2 rings (SSSR count). The largest absolute Gasteiger partial charge is 0.465 e. The maximum atomic E-state index is 12.5. The van der Waals surface area contributed by atoms with E-state index in [9.17, 15) is 8.42 Å². The van der Waals surface area contributed by atoms with Gasteiger partial charge < -0.3 is 10.2 Å². The van der Waals surface area contributed by atoms with Crippen molar-refractivity contribution in [1.29, 1.82) is 0 Å². The third-order valence-corrected chi connectivity index (χ3v) is 6.59. The number of nitrogens with two attached hydrogens (primary N) is 1. The van der Waals surface area contributed by atoms with Gasteiger partial charge in [0.05, 0.1) is 0 Å². The highest BCUT2D eigenvalue weighted by atomic mass is 32.2. The van der Waals surface area contributed by atoms with Gasteiger partial charge in [0.1, 0.15) is 16.4 Å². The Balaban J connectivity index is 2.13. The Kier molecular flexibility index (Phi) is 5.17. The number of aryl methyl sites for hydroxylation is 2. The number of hydrogen-bond acceptors (Lipinski definition) is 5. The summed E-state index contributed by atoms with van der Waals surface area (Å²) in [7, 11) is -3.55. The van der Waals surface area contributed by atoms with Crippen molar-refractivity contribution in [2.45, 2.75) is 49.8 Å². The van der Waals surface area contributed by atoms with Gasteiger partial charge in [0.2, 0.25) is 10.0 Å².